The van der Waals surface area contributed by atoms with Crippen molar-refractivity contribution in [1.29, 1.82) is 0 Å². The Morgan fingerprint density at radius 3 is 1.58 bits per heavy atom. The van der Waals surface area contributed by atoms with Crippen molar-refractivity contribution in [1.82, 2.24) is 25.1 Å². The summed E-state index contributed by atoms with van der Waals surface area (Å²) in [6, 6.07) is 0.0101. The van der Waals surface area contributed by atoms with Gasteiger partial charge in [0.05, 0.1) is 0 Å². The van der Waals surface area contributed by atoms with Crippen molar-refractivity contribution in [2.75, 3.05) is 0 Å². The number of hydroxylamine groups is 4. The van der Waals surface area contributed by atoms with E-state index in [0.717, 1.165) is 0 Å². The van der Waals surface area contributed by atoms with Crippen LogP contribution in [0.2, 0.25) is 0 Å². The molecule has 0 spiro atoms. The third kappa shape index (κ3) is 5.02. The Labute approximate surface area is 183 Å². The number of nitrogens with zero attached hydrogens (tertiary/aromatic N) is 4. The smallest absolute Gasteiger partial charge is 0.353 e. The normalized spacial score (nSPS) is 26.5. The molecule has 0 aromatic carbocycles. The molecule has 0 radical (unpaired) electrons. The number of rotatable bonds is 4. The van der Waals surface area contributed by atoms with Gasteiger partial charge in [-0.2, -0.15) is 10.1 Å². The van der Waals surface area contributed by atoms with Gasteiger partial charge in [-0.25, -0.2) is 4.79 Å². The molecule has 1 aromatic heterocycles. The van der Waals surface area contributed by atoms with Crippen LogP contribution in [0.15, 0.2) is 4.79 Å². The Morgan fingerprint density at radius 1 is 0.774 bits per heavy atom. The maximum atomic E-state index is 12.1. The summed E-state index contributed by atoms with van der Waals surface area (Å²) in [5.41, 5.74) is -2.58. The Kier molecular flexibility index (Phi) is 5.92. The molecule has 1 aromatic rings. The fourth-order valence-electron chi connectivity index (χ4n) is 5.29. The second-order valence-electron chi connectivity index (χ2n) is 11.4. The minimum Gasteiger partial charge on any atom is -0.461 e. The molecule has 2 fully saturated rings. The lowest BCUT2D eigenvalue weighted by Crippen LogP contribution is -2.61. The van der Waals surface area contributed by atoms with Gasteiger partial charge >= 0.3 is 17.7 Å². The topological polar surface area (TPSA) is 124 Å². The van der Waals surface area contributed by atoms with Crippen LogP contribution >= 0.6 is 0 Å². The van der Waals surface area contributed by atoms with E-state index in [0.29, 0.717) is 25.7 Å². The van der Waals surface area contributed by atoms with Crippen LogP contribution in [0.1, 0.15) is 81.1 Å². The molecular weight excluding hydrogens is 402 g/mol. The minimum atomic E-state index is -0.601. The molecule has 2 aliphatic heterocycles. The van der Waals surface area contributed by atoms with Crippen LogP contribution in [-0.2, 0) is 0 Å². The van der Waals surface area contributed by atoms with Crippen LogP contribution in [0.25, 0.3) is 0 Å². The molecule has 31 heavy (non-hydrogen) atoms. The molecule has 2 aliphatic rings. The molecule has 2 saturated heterocycles. The van der Waals surface area contributed by atoms with Gasteiger partial charge < -0.3 is 19.9 Å². The second-order valence-corrected chi connectivity index (χ2v) is 11.4. The van der Waals surface area contributed by atoms with Crippen LogP contribution in [0.5, 0.6) is 12.0 Å². The first-order valence-corrected chi connectivity index (χ1v) is 10.8. The zero-order valence-corrected chi connectivity index (χ0v) is 19.9. The number of piperidine rings is 2. The third-order valence-corrected chi connectivity index (χ3v) is 6.36. The summed E-state index contributed by atoms with van der Waals surface area (Å²) in [7, 11) is 0. The molecule has 0 atom stereocenters. The maximum absolute atomic E-state index is 12.1. The summed E-state index contributed by atoms with van der Waals surface area (Å²) in [4.78, 5) is 22.8. The molecule has 0 bridgehead atoms. The molecule has 3 heterocycles. The van der Waals surface area contributed by atoms with Gasteiger partial charge in [-0.15, -0.1) is 9.97 Å². The highest BCUT2D eigenvalue weighted by atomic mass is 16.5. The van der Waals surface area contributed by atoms with Gasteiger partial charge in [-0.05, 0) is 55.4 Å². The zero-order valence-electron chi connectivity index (χ0n) is 19.9. The van der Waals surface area contributed by atoms with Gasteiger partial charge in [0, 0.05) is 47.8 Å². The lowest BCUT2D eigenvalue weighted by Gasteiger charge is -2.51. The first-order valence-electron chi connectivity index (χ1n) is 10.8. The fourth-order valence-corrected chi connectivity index (χ4v) is 5.29. The van der Waals surface area contributed by atoms with Gasteiger partial charge in [-0.3, -0.25) is 4.98 Å². The first kappa shape index (κ1) is 23.9. The van der Waals surface area contributed by atoms with E-state index in [2.05, 4.69) is 15.0 Å². The van der Waals surface area contributed by atoms with E-state index < -0.39 is 27.8 Å². The van der Waals surface area contributed by atoms with Gasteiger partial charge in [-0.1, -0.05) is 0 Å². The SMILES string of the molecule is CC1(C)CC(Oc2nc(OC3CC(C)(C)N(O)C(C)(C)C3)[nH]c(=O)n2)CC(C)(C)N1O. The quantitative estimate of drug-likeness (QED) is 0.649. The zero-order chi connectivity index (χ0) is 23.4. The summed E-state index contributed by atoms with van der Waals surface area (Å²) >= 11 is 0. The summed E-state index contributed by atoms with van der Waals surface area (Å²) in [5, 5.41) is 23.7. The molecule has 3 N–H and O–H groups in total. The molecule has 0 unspecified atom stereocenters. The van der Waals surface area contributed by atoms with Gasteiger partial charge in [0.15, 0.2) is 0 Å². The van der Waals surface area contributed by atoms with Crippen LogP contribution in [0.3, 0.4) is 0 Å². The monoisotopic (exact) mass is 439 g/mol. The van der Waals surface area contributed by atoms with Crippen molar-refractivity contribution < 1.29 is 19.9 Å². The lowest BCUT2D eigenvalue weighted by atomic mass is 9.80. The van der Waals surface area contributed by atoms with Crippen molar-refractivity contribution in [2.45, 2.75) is 115 Å². The highest BCUT2D eigenvalue weighted by Gasteiger charge is 2.47. The number of H-pyrrole nitrogens is 1. The van der Waals surface area contributed by atoms with E-state index in [-0.39, 0.29) is 24.2 Å². The Morgan fingerprint density at radius 2 is 1.16 bits per heavy atom. The van der Waals surface area contributed by atoms with Gasteiger partial charge in [0.1, 0.15) is 12.2 Å². The number of hydrogen-bond acceptors (Lipinski definition) is 9. The molecule has 0 aliphatic carbocycles. The maximum Gasteiger partial charge on any atom is 0.353 e. The number of hydrogen-bond donors (Lipinski definition) is 3. The van der Waals surface area contributed by atoms with Crippen molar-refractivity contribution in [2.24, 2.45) is 0 Å². The average Bonchev–Trinajstić information content (AvgIpc) is 2.56. The third-order valence-electron chi connectivity index (χ3n) is 6.36. The van der Waals surface area contributed by atoms with Crippen molar-refractivity contribution >= 4 is 0 Å². The summed E-state index contributed by atoms with van der Waals surface area (Å²) in [5.74, 6) is 0. The highest BCUT2D eigenvalue weighted by Crippen LogP contribution is 2.39. The number of ether oxygens (including phenoxy) is 2. The number of aromatic nitrogens is 3. The Bertz CT molecular complexity index is 765. The van der Waals surface area contributed by atoms with Crippen LogP contribution in [0, 0.1) is 0 Å². The van der Waals surface area contributed by atoms with E-state index in [9.17, 15) is 15.2 Å². The standard InChI is InChI=1S/C21H37N5O5/c1-18(2)9-13(10-19(3,4)25(18)28)30-16-22-15(27)23-17(24-16)31-14-11-20(5,6)26(29)21(7,8)12-14/h13-14,28-29H,9-12H2,1-8H3,(H,22,23,24,27). The first-order chi connectivity index (χ1) is 14.0. The second kappa shape index (κ2) is 7.68. The summed E-state index contributed by atoms with van der Waals surface area (Å²) in [6.45, 7) is 15.5. The molecule has 10 nitrogen and oxygen atoms in total. The van der Waals surface area contributed by atoms with Crippen LogP contribution in [0.4, 0.5) is 0 Å². The van der Waals surface area contributed by atoms with E-state index >= 15 is 0 Å². The number of aromatic amines is 1. The fraction of sp³-hybridized carbons (Fsp3) is 0.857. The predicted octanol–water partition coefficient (Wildman–Crippen LogP) is 2.74. The molecule has 0 amide bonds. The predicted molar refractivity (Wildman–Crippen MR) is 114 cm³/mol. The highest BCUT2D eigenvalue weighted by molar-refractivity contribution is 5.05. The molecule has 10 heteroatoms. The molecule has 3 rings (SSSR count). The van der Waals surface area contributed by atoms with Crippen molar-refractivity contribution in [3.8, 4) is 12.0 Å². The lowest BCUT2D eigenvalue weighted by molar-refractivity contribution is -0.255. The number of nitrogens with one attached hydrogen (secondary N) is 1. The van der Waals surface area contributed by atoms with E-state index in [1.165, 1.54) is 10.1 Å². The molecule has 0 saturated carbocycles. The summed E-state index contributed by atoms with van der Waals surface area (Å²) < 4.78 is 12.0. The van der Waals surface area contributed by atoms with Gasteiger partial charge in [0.25, 0.3) is 0 Å². The van der Waals surface area contributed by atoms with E-state index in [1.54, 1.807) is 0 Å². The Balaban J connectivity index is 1.76. The van der Waals surface area contributed by atoms with Crippen molar-refractivity contribution in [3.05, 3.63) is 10.5 Å². The van der Waals surface area contributed by atoms with Gasteiger partial charge in [0.2, 0.25) is 0 Å². The van der Waals surface area contributed by atoms with E-state index in [1.807, 2.05) is 55.4 Å². The van der Waals surface area contributed by atoms with Crippen molar-refractivity contribution in [3.63, 3.8) is 0 Å². The minimum absolute atomic E-state index is 0.0418. The van der Waals surface area contributed by atoms with Crippen LogP contribution in [-0.4, -0.2) is 69.9 Å². The van der Waals surface area contributed by atoms with Crippen LogP contribution < -0.4 is 15.2 Å². The Hall–Kier alpha value is -1.75. The molecular formula is C21H37N5O5. The average molecular weight is 440 g/mol. The molecule has 176 valence electrons. The summed E-state index contributed by atoms with van der Waals surface area (Å²) in [6.07, 6.45) is 1.72. The van der Waals surface area contributed by atoms with E-state index in [4.69, 9.17) is 9.47 Å². The largest absolute Gasteiger partial charge is 0.461 e.